The molecule has 0 spiro atoms. The molecule has 0 amide bonds. The molecule has 2 N–H and O–H groups in total. The van der Waals surface area contributed by atoms with E-state index in [0.717, 1.165) is 0 Å². The second-order valence-electron chi connectivity index (χ2n) is 3.61. The molecular formula is C10H13F3N3Na. The van der Waals surface area contributed by atoms with Crippen molar-refractivity contribution in [3.63, 3.8) is 0 Å². The van der Waals surface area contributed by atoms with Crippen LogP contribution >= 0.6 is 0 Å². The molecule has 0 bridgehead atoms. The Morgan fingerprint density at radius 2 is 1.65 bits per heavy atom. The smallest absolute Gasteiger partial charge is 0.374 e. The van der Waals surface area contributed by atoms with Crippen molar-refractivity contribution in [1.29, 1.82) is 0 Å². The summed E-state index contributed by atoms with van der Waals surface area (Å²) in [6.45, 7) is 0. The molecule has 90 valence electrons. The fraction of sp³-hybridized carbons (Fsp3) is 0.600. The number of hydrogen-bond donors (Lipinski definition) is 1. The van der Waals surface area contributed by atoms with E-state index >= 15 is 0 Å². The molecule has 1 aliphatic carbocycles. The topological polar surface area (TPSA) is 51.8 Å². The van der Waals surface area contributed by atoms with Gasteiger partial charge in [0.05, 0.1) is 0 Å². The van der Waals surface area contributed by atoms with Gasteiger partial charge in [0.2, 0.25) is 0 Å². The minimum absolute atomic E-state index is 0. The van der Waals surface area contributed by atoms with Crippen LogP contribution in [0.3, 0.4) is 0 Å². The second kappa shape index (κ2) is 8.02. The van der Waals surface area contributed by atoms with E-state index in [1.54, 1.807) is 0 Å². The first-order valence-corrected chi connectivity index (χ1v) is 5.01. The van der Waals surface area contributed by atoms with Gasteiger partial charge in [-0.3, -0.25) is 0 Å². The molecule has 0 radical (unpaired) electrons. The van der Waals surface area contributed by atoms with Crippen LogP contribution in [-0.4, -0.2) is 16.0 Å². The maximum Gasteiger partial charge on any atom is 1.00 e. The normalized spacial score (nSPS) is 15.8. The van der Waals surface area contributed by atoms with Gasteiger partial charge in [-0.15, -0.1) is 0 Å². The van der Waals surface area contributed by atoms with Crippen LogP contribution in [0.1, 0.15) is 31.2 Å². The van der Waals surface area contributed by atoms with E-state index in [0.29, 0.717) is 18.4 Å². The number of aromatic nitrogens is 2. The maximum absolute atomic E-state index is 11.7. The number of nitrogens with two attached hydrogens (primary N) is 1. The van der Waals surface area contributed by atoms with E-state index in [4.69, 9.17) is 5.73 Å². The zero-order valence-corrected chi connectivity index (χ0v) is 11.7. The van der Waals surface area contributed by atoms with Crippen LogP contribution in [0.5, 0.6) is 0 Å². The minimum atomic E-state index is -4.35. The van der Waals surface area contributed by atoms with Crippen molar-refractivity contribution in [2.45, 2.75) is 37.9 Å². The molecule has 3 nitrogen and oxygen atoms in total. The Morgan fingerprint density at radius 3 is 1.88 bits per heavy atom. The van der Waals surface area contributed by atoms with Crippen molar-refractivity contribution in [3.8, 4) is 0 Å². The first-order chi connectivity index (χ1) is 7.50. The summed E-state index contributed by atoms with van der Waals surface area (Å²) in [5, 5.41) is 0. The fourth-order valence-electron chi connectivity index (χ4n) is 1.37. The van der Waals surface area contributed by atoms with Crippen LogP contribution in [-0.2, 0) is 6.18 Å². The summed E-state index contributed by atoms with van der Waals surface area (Å²) < 4.78 is 35.1. The van der Waals surface area contributed by atoms with Crippen LogP contribution in [0.25, 0.3) is 0 Å². The summed E-state index contributed by atoms with van der Waals surface area (Å²) >= 11 is 0. The van der Waals surface area contributed by atoms with E-state index < -0.39 is 11.7 Å². The Morgan fingerprint density at radius 1 is 1.18 bits per heavy atom. The monoisotopic (exact) mass is 255 g/mol. The molecule has 1 heterocycles. The van der Waals surface area contributed by atoms with Gasteiger partial charge >= 0.3 is 35.7 Å². The number of halogens is 3. The Bertz CT molecular complexity index is 299. The van der Waals surface area contributed by atoms with E-state index in [9.17, 15) is 13.2 Å². The van der Waals surface area contributed by atoms with E-state index in [1.807, 2.05) is 6.33 Å². The van der Waals surface area contributed by atoms with Crippen LogP contribution in [0.2, 0.25) is 0 Å². The van der Waals surface area contributed by atoms with Crippen molar-refractivity contribution in [1.82, 2.24) is 9.97 Å². The largest absolute Gasteiger partial charge is 1.00 e. The van der Waals surface area contributed by atoms with Crippen molar-refractivity contribution >= 4 is 0 Å². The molecule has 0 aromatic carbocycles. The molecule has 2 rings (SSSR count). The summed E-state index contributed by atoms with van der Waals surface area (Å²) in [7, 11) is 0. The molecule has 7 heteroatoms. The molecule has 1 aliphatic rings. The zero-order chi connectivity index (χ0) is 12.0. The Kier molecular flexibility index (Phi) is 7.94. The third-order valence-electron chi connectivity index (χ3n) is 2.25. The Labute approximate surface area is 120 Å². The standard InChI is InChI=1S/C5H2F3N2.C5H11N.Na/c6-5(7,8)4-1-9-3-10-2-4;6-5-3-1-2-4-5;/h1-2H;5H,1-4,6H2;/q-1;;+1. The van der Waals surface area contributed by atoms with E-state index in [-0.39, 0.29) is 29.6 Å². The Balaban J connectivity index is 0.000000316. The van der Waals surface area contributed by atoms with Gasteiger partial charge in [0, 0.05) is 12.4 Å². The van der Waals surface area contributed by atoms with Gasteiger partial charge in [0.15, 0.2) is 0 Å². The average molecular weight is 255 g/mol. The van der Waals surface area contributed by atoms with Gasteiger partial charge in [-0.25, -0.2) is 0 Å². The maximum atomic E-state index is 11.7. The second-order valence-corrected chi connectivity index (χ2v) is 3.61. The SMILES string of the molecule is FC(F)(F)c1cn[c-]nc1.NC1CCCC1.[Na+]. The molecule has 0 unspecified atom stereocenters. The van der Waals surface area contributed by atoms with Crippen molar-refractivity contribution in [2.24, 2.45) is 5.73 Å². The summed E-state index contributed by atoms with van der Waals surface area (Å²) in [4.78, 5) is 6.19. The molecule has 1 saturated carbocycles. The quantitative estimate of drug-likeness (QED) is 0.487. The first kappa shape index (κ1) is 16.8. The number of hydrogen-bond acceptors (Lipinski definition) is 3. The summed E-state index contributed by atoms with van der Waals surface area (Å²) in [5.41, 5.74) is 4.68. The van der Waals surface area contributed by atoms with E-state index in [2.05, 4.69) is 9.97 Å². The number of nitrogens with zero attached hydrogens (tertiary/aromatic N) is 2. The molecule has 1 aromatic rings. The van der Waals surface area contributed by atoms with Gasteiger partial charge in [0.1, 0.15) is 0 Å². The van der Waals surface area contributed by atoms with Crippen LogP contribution < -0.4 is 35.3 Å². The van der Waals surface area contributed by atoms with Crippen LogP contribution in [0, 0.1) is 6.33 Å². The van der Waals surface area contributed by atoms with Crippen molar-refractivity contribution in [2.75, 3.05) is 0 Å². The van der Waals surface area contributed by atoms with E-state index in [1.165, 1.54) is 25.7 Å². The molecular weight excluding hydrogens is 242 g/mol. The number of alkyl halides is 3. The summed E-state index contributed by atoms with van der Waals surface area (Å²) in [6, 6.07) is 0.546. The van der Waals surface area contributed by atoms with Crippen LogP contribution in [0.15, 0.2) is 12.4 Å². The first-order valence-electron chi connectivity index (χ1n) is 5.01. The molecule has 0 aliphatic heterocycles. The van der Waals surface area contributed by atoms with Crippen molar-refractivity contribution < 1.29 is 42.7 Å². The van der Waals surface area contributed by atoms with Gasteiger partial charge in [-0.2, -0.15) is 13.2 Å². The average Bonchev–Trinajstić information content (AvgIpc) is 2.70. The van der Waals surface area contributed by atoms with Crippen molar-refractivity contribution in [3.05, 3.63) is 24.3 Å². The predicted molar refractivity (Wildman–Crippen MR) is 52.3 cm³/mol. The number of rotatable bonds is 0. The third kappa shape index (κ3) is 6.98. The summed E-state index contributed by atoms with van der Waals surface area (Å²) in [5.74, 6) is 0. The molecule has 17 heavy (non-hydrogen) atoms. The van der Waals surface area contributed by atoms with Gasteiger partial charge in [-0.1, -0.05) is 25.2 Å². The third-order valence-corrected chi connectivity index (χ3v) is 2.25. The van der Waals surface area contributed by atoms with Gasteiger partial charge in [-0.05, 0) is 18.4 Å². The molecule has 0 saturated heterocycles. The minimum Gasteiger partial charge on any atom is -0.374 e. The van der Waals surface area contributed by atoms with Gasteiger partial charge < -0.3 is 15.7 Å². The van der Waals surface area contributed by atoms with Gasteiger partial charge in [0.25, 0.3) is 0 Å². The fourth-order valence-corrected chi connectivity index (χ4v) is 1.37. The zero-order valence-electron chi connectivity index (χ0n) is 9.67. The molecule has 1 fully saturated rings. The van der Waals surface area contributed by atoms with Crippen LogP contribution in [0.4, 0.5) is 13.2 Å². The molecule has 0 atom stereocenters. The summed E-state index contributed by atoms with van der Waals surface area (Å²) in [6.07, 6.45) is 4.25. The predicted octanol–water partition coefficient (Wildman–Crippen LogP) is -0.813. The Hall–Kier alpha value is -0.170. The molecule has 1 aromatic heterocycles.